The van der Waals surface area contributed by atoms with Gasteiger partial charge in [-0.15, -0.1) is 0 Å². The summed E-state index contributed by atoms with van der Waals surface area (Å²) in [4.78, 5) is 2.49. The molecule has 0 unspecified atom stereocenters. The Hall–Kier alpha value is -0.900. The van der Waals surface area contributed by atoms with E-state index in [0.29, 0.717) is 0 Å². The van der Waals surface area contributed by atoms with Crippen LogP contribution in [-0.2, 0) is 11.3 Å². The summed E-state index contributed by atoms with van der Waals surface area (Å²) in [7, 11) is 0. The van der Waals surface area contributed by atoms with Gasteiger partial charge in [-0.25, -0.2) is 0 Å². The Morgan fingerprint density at radius 3 is 2.63 bits per heavy atom. The zero-order chi connectivity index (χ0) is 13.2. The van der Waals surface area contributed by atoms with Gasteiger partial charge in [0.1, 0.15) is 0 Å². The highest BCUT2D eigenvalue weighted by Crippen LogP contribution is 2.05. The maximum absolute atomic E-state index is 5.67. The Labute approximate surface area is 116 Å². The van der Waals surface area contributed by atoms with Crippen molar-refractivity contribution in [2.24, 2.45) is 0 Å². The van der Waals surface area contributed by atoms with Gasteiger partial charge < -0.3 is 15.0 Å². The summed E-state index contributed by atoms with van der Waals surface area (Å²) in [6.07, 6.45) is 3.82. The van der Waals surface area contributed by atoms with E-state index in [0.717, 1.165) is 39.3 Å². The standard InChI is InChI=1S/C16H26N2O/c1-2-7-16(8-3-1)15-17-9-6-13-19-14-12-18-10-4-5-11-18/h1-3,7-8,17H,4-6,9-15H2. The third kappa shape index (κ3) is 6.19. The van der Waals surface area contributed by atoms with Crippen LogP contribution in [0.25, 0.3) is 0 Å². The van der Waals surface area contributed by atoms with Crippen molar-refractivity contribution in [2.45, 2.75) is 25.8 Å². The molecule has 0 atom stereocenters. The minimum Gasteiger partial charge on any atom is -0.380 e. The van der Waals surface area contributed by atoms with Gasteiger partial charge in [-0.2, -0.15) is 0 Å². The third-order valence-electron chi connectivity index (χ3n) is 3.56. The summed E-state index contributed by atoms with van der Waals surface area (Å²) in [6.45, 7) is 7.38. The smallest absolute Gasteiger partial charge is 0.0593 e. The van der Waals surface area contributed by atoms with E-state index in [9.17, 15) is 0 Å². The van der Waals surface area contributed by atoms with Gasteiger partial charge >= 0.3 is 0 Å². The number of rotatable bonds is 9. The molecule has 3 heteroatoms. The van der Waals surface area contributed by atoms with Crippen molar-refractivity contribution in [2.75, 3.05) is 39.4 Å². The van der Waals surface area contributed by atoms with Gasteiger partial charge in [0.15, 0.2) is 0 Å². The molecule has 0 aromatic heterocycles. The van der Waals surface area contributed by atoms with Crippen LogP contribution >= 0.6 is 0 Å². The molecule has 1 aliphatic rings. The molecule has 106 valence electrons. The summed E-state index contributed by atoms with van der Waals surface area (Å²) >= 11 is 0. The van der Waals surface area contributed by atoms with Crippen LogP contribution in [0, 0.1) is 0 Å². The van der Waals surface area contributed by atoms with E-state index in [1.165, 1.54) is 31.5 Å². The number of likely N-dealkylation sites (tertiary alicyclic amines) is 1. The first-order valence-corrected chi connectivity index (χ1v) is 7.50. The van der Waals surface area contributed by atoms with Gasteiger partial charge in [0, 0.05) is 19.7 Å². The topological polar surface area (TPSA) is 24.5 Å². The Morgan fingerprint density at radius 2 is 1.84 bits per heavy atom. The SMILES string of the molecule is c1ccc(CNCCCOCCN2CCCC2)cc1. The molecular formula is C16H26N2O. The third-order valence-corrected chi connectivity index (χ3v) is 3.56. The molecule has 0 saturated carbocycles. The Kier molecular flexibility index (Phi) is 6.93. The van der Waals surface area contributed by atoms with Crippen molar-refractivity contribution in [1.29, 1.82) is 0 Å². The van der Waals surface area contributed by atoms with Gasteiger partial charge in [-0.3, -0.25) is 0 Å². The highest BCUT2D eigenvalue weighted by Gasteiger charge is 2.09. The van der Waals surface area contributed by atoms with Crippen molar-refractivity contribution < 1.29 is 4.74 Å². The van der Waals surface area contributed by atoms with Crippen molar-refractivity contribution in [3.8, 4) is 0 Å². The summed E-state index contributed by atoms with van der Waals surface area (Å²) in [5.41, 5.74) is 1.34. The molecule has 1 saturated heterocycles. The van der Waals surface area contributed by atoms with Crippen LogP contribution < -0.4 is 5.32 Å². The number of benzene rings is 1. The molecule has 1 heterocycles. The number of hydrogen-bond donors (Lipinski definition) is 1. The quantitative estimate of drug-likeness (QED) is 0.691. The molecule has 3 nitrogen and oxygen atoms in total. The molecule has 1 fully saturated rings. The van der Waals surface area contributed by atoms with E-state index < -0.39 is 0 Å². The van der Waals surface area contributed by atoms with E-state index in [1.807, 2.05) is 0 Å². The molecule has 19 heavy (non-hydrogen) atoms. The lowest BCUT2D eigenvalue weighted by Crippen LogP contribution is -2.24. The van der Waals surface area contributed by atoms with Gasteiger partial charge in [-0.05, 0) is 44.5 Å². The van der Waals surface area contributed by atoms with Crippen LogP contribution in [0.4, 0.5) is 0 Å². The van der Waals surface area contributed by atoms with Crippen LogP contribution in [0.5, 0.6) is 0 Å². The molecule has 0 bridgehead atoms. The molecule has 1 aliphatic heterocycles. The van der Waals surface area contributed by atoms with Crippen LogP contribution in [0.3, 0.4) is 0 Å². The molecule has 0 amide bonds. The average molecular weight is 262 g/mol. The Morgan fingerprint density at radius 1 is 1.05 bits per heavy atom. The number of ether oxygens (including phenoxy) is 1. The van der Waals surface area contributed by atoms with E-state index in [-0.39, 0.29) is 0 Å². The average Bonchev–Trinajstić information content (AvgIpc) is 2.96. The zero-order valence-electron chi connectivity index (χ0n) is 11.8. The predicted octanol–water partition coefficient (Wildman–Crippen LogP) is 2.28. The summed E-state index contributed by atoms with van der Waals surface area (Å²) in [6, 6.07) is 10.5. The van der Waals surface area contributed by atoms with Crippen LogP contribution in [0.1, 0.15) is 24.8 Å². The van der Waals surface area contributed by atoms with Crippen molar-refractivity contribution in [3.63, 3.8) is 0 Å². The lowest BCUT2D eigenvalue weighted by molar-refractivity contribution is 0.109. The fourth-order valence-corrected chi connectivity index (χ4v) is 2.43. The molecule has 1 aromatic carbocycles. The predicted molar refractivity (Wildman–Crippen MR) is 79.3 cm³/mol. The molecule has 1 aromatic rings. The lowest BCUT2D eigenvalue weighted by Gasteiger charge is -2.14. The number of hydrogen-bond acceptors (Lipinski definition) is 3. The Bertz CT molecular complexity index is 323. The first-order chi connectivity index (χ1) is 9.45. The highest BCUT2D eigenvalue weighted by molar-refractivity contribution is 5.14. The molecule has 1 N–H and O–H groups in total. The van der Waals surface area contributed by atoms with E-state index in [4.69, 9.17) is 4.74 Å². The normalized spacial score (nSPS) is 16.0. The second kappa shape index (κ2) is 9.08. The lowest BCUT2D eigenvalue weighted by atomic mass is 10.2. The number of nitrogens with zero attached hydrogens (tertiary/aromatic N) is 1. The molecule has 0 radical (unpaired) electrons. The van der Waals surface area contributed by atoms with E-state index in [1.54, 1.807) is 0 Å². The largest absolute Gasteiger partial charge is 0.380 e. The second-order valence-corrected chi connectivity index (χ2v) is 5.18. The highest BCUT2D eigenvalue weighted by atomic mass is 16.5. The monoisotopic (exact) mass is 262 g/mol. The van der Waals surface area contributed by atoms with Crippen molar-refractivity contribution in [1.82, 2.24) is 10.2 Å². The second-order valence-electron chi connectivity index (χ2n) is 5.18. The molecular weight excluding hydrogens is 236 g/mol. The van der Waals surface area contributed by atoms with E-state index >= 15 is 0 Å². The van der Waals surface area contributed by atoms with Gasteiger partial charge in [0.2, 0.25) is 0 Å². The minimum atomic E-state index is 0.871. The van der Waals surface area contributed by atoms with E-state index in [2.05, 4.69) is 40.5 Å². The number of nitrogens with one attached hydrogen (secondary N) is 1. The minimum absolute atomic E-state index is 0.871. The zero-order valence-corrected chi connectivity index (χ0v) is 11.8. The maximum Gasteiger partial charge on any atom is 0.0593 e. The summed E-state index contributed by atoms with van der Waals surface area (Å²) < 4.78 is 5.67. The van der Waals surface area contributed by atoms with Crippen LogP contribution in [0.2, 0.25) is 0 Å². The molecule has 0 spiro atoms. The summed E-state index contributed by atoms with van der Waals surface area (Å²) in [5.74, 6) is 0. The van der Waals surface area contributed by atoms with Gasteiger partial charge in [0.25, 0.3) is 0 Å². The van der Waals surface area contributed by atoms with Gasteiger partial charge in [0.05, 0.1) is 6.61 Å². The molecule has 0 aliphatic carbocycles. The fraction of sp³-hybridized carbons (Fsp3) is 0.625. The van der Waals surface area contributed by atoms with Crippen LogP contribution in [-0.4, -0.2) is 44.3 Å². The molecule has 2 rings (SSSR count). The van der Waals surface area contributed by atoms with Crippen molar-refractivity contribution >= 4 is 0 Å². The first kappa shape index (κ1) is 14.5. The van der Waals surface area contributed by atoms with Gasteiger partial charge in [-0.1, -0.05) is 30.3 Å². The maximum atomic E-state index is 5.67. The van der Waals surface area contributed by atoms with Crippen LogP contribution in [0.15, 0.2) is 30.3 Å². The van der Waals surface area contributed by atoms with Crippen molar-refractivity contribution in [3.05, 3.63) is 35.9 Å². The fourth-order valence-electron chi connectivity index (χ4n) is 2.43. The Balaban J connectivity index is 1.38. The summed E-state index contributed by atoms with van der Waals surface area (Å²) in [5, 5.41) is 3.44. The first-order valence-electron chi connectivity index (χ1n) is 7.50.